The zero-order valence-corrected chi connectivity index (χ0v) is 7.61. The molecule has 4 heteroatoms. The predicted octanol–water partition coefficient (Wildman–Crippen LogP) is 1.36. The third kappa shape index (κ3) is 1.91. The molecule has 0 N–H and O–H groups in total. The SMILES string of the molecule is CSC(=S)c1cccc[n+]1[O-]. The van der Waals surface area contributed by atoms with Crippen molar-refractivity contribution in [3.63, 3.8) is 0 Å². The second kappa shape index (κ2) is 3.69. The van der Waals surface area contributed by atoms with Crippen LogP contribution in [0.25, 0.3) is 0 Å². The second-order valence-corrected chi connectivity index (χ2v) is 3.39. The first-order valence-electron chi connectivity index (χ1n) is 3.02. The minimum absolute atomic E-state index is 0.551. The smallest absolute Gasteiger partial charge is 0.241 e. The third-order valence-electron chi connectivity index (χ3n) is 1.22. The van der Waals surface area contributed by atoms with Gasteiger partial charge >= 0.3 is 0 Å². The van der Waals surface area contributed by atoms with Gasteiger partial charge in [0.05, 0.1) is 0 Å². The Balaban J connectivity index is 3.03. The maximum Gasteiger partial charge on any atom is 0.241 e. The van der Waals surface area contributed by atoms with Gasteiger partial charge in [-0.15, -0.1) is 11.8 Å². The van der Waals surface area contributed by atoms with Crippen LogP contribution in [-0.2, 0) is 0 Å². The summed E-state index contributed by atoms with van der Waals surface area (Å²) in [6.07, 6.45) is 3.30. The van der Waals surface area contributed by atoms with E-state index in [0.717, 1.165) is 4.73 Å². The molecule has 1 heterocycles. The van der Waals surface area contributed by atoms with Gasteiger partial charge in [0.2, 0.25) is 5.69 Å². The molecule has 2 nitrogen and oxygen atoms in total. The fourth-order valence-corrected chi connectivity index (χ4v) is 1.22. The zero-order valence-electron chi connectivity index (χ0n) is 5.98. The van der Waals surface area contributed by atoms with Crippen LogP contribution in [0, 0.1) is 5.21 Å². The van der Waals surface area contributed by atoms with Gasteiger partial charge in [0.1, 0.15) is 4.20 Å². The first-order valence-corrected chi connectivity index (χ1v) is 4.65. The maximum absolute atomic E-state index is 11.0. The Labute approximate surface area is 74.8 Å². The summed E-state index contributed by atoms with van der Waals surface area (Å²) < 4.78 is 1.40. The molecule has 0 fully saturated rings. The quantitative estimate of drug-likeness (QED) is 0.375. The van der Waals surface area contributed by atoms with Crippen molar-refractivity contribution in [2.45, 2.75) is 0 Å². The molecule has 1 rings (SSSR count). The van der Waals surface area contributed by atoms with Gasteiger partial charge < -0.3 is 5.21 Å². The average molecular weight is 185 g/mol. The van der Waals surface area contributed by atoms with E-state index in [-0.39, 0.29) is 0 Å². The summed E-state index contributed by atoms with van der Waals surface area (Å²) in [5, 5.41) is 11.0. The maximum atomic E-state index is 11.0. The van der Waals surface area contributed by atoms with E-state index >= 15 is 0 Å². The van der Waals surface area contributed by atoms with E-state index in [1.165, 1.54) is 18.0 Å². The van der Waals surface area contributed by atoms with Crippen LogP contribution < -0.4 is 4.73 Å². The van der Waals surface area contributed by atoms with Crippen LogP contribution in [0.15, 0.2) is 24.4 Å². The highest BCUT2D eigenvalue weighted by Crippen LogP contribution is 2.05. The van der Waals surface area contributed by atoms with Gasteiger partial charge in [-0.3, -0.25) is 0 Å². The summed E-state index contributed by atoms with van der Waals surface area (Å²) in [6.45, 7) is 0. The topological polar surface area (TPSA) is 26.9 Å². The predicted molar refractivity (Wildman–Crippen MR) is 50.6 cm³/mol. The molecule has 0 spiro atoms. The minimum Gasteiger partial charge on any atom is -0.618 e. The molecule has 58 valence electrons. The number of hydrogen-bond donors (Lipinski definition) is 0. The van der Waals surface area contributed by atoms with E-state index in [2.05, 4.69) is 0 Å². The van der Waals surface area contributed by atoms with Crippen molar-refractivity contribution in [3.8, 4) is 0 Å². The number of thioether (sulfide) groups is 1. The third-order valence-corrected chi connectivity index (χ3v) is 2.51. The van der Waals surface area contributed by atoms with Crippen LogP contribution in [0.2, 0.25) is 0 Å². The fourth-order valence-electron chi connectivity index (χ4n) is 0.691. The summed E-state index contributed by atoms with van der Waals surface area (Å²) in [5.74, 6) is 0. The number of thiocarbonyl (C=S) groups is 1. The molecule has 0 radical (unpaired) electrons. The van der Waals surface area contributed by atoms with Gasteiger partial charge in [0.25, 0.3) is 0 Å². The molecule has 0 saturated carbocycles. The molecule has 11 heavy (non-hydrogen) atoms. The molecule has 0 saturated heterocycles. The number of hydrogen-bond acceptors (Lipinski definition) is 3. The molecule has 0 aliphatic carbocycles. The van der Waals surface area contributed by atoms with Crippen molar-refractivity contribution in [3.05, 3.63) is 35.3 Å². The summed E-state index contributed by atoms with van der Waals surface area (Å²) in [7, 11) is 0. The molecule has 0 unspecified atom stereocenters. The lowest BCUT2D eigenvalue weighted by Gasteiger charge is -2.01. The van der Waals surface area contributed by atoms with Crippen LogP contribution in [0.1, 0.15) is 5.69 Å². The molecule has 0 atom stereocenters. The fraction of sp³-hybridized carbons (Fsp3) is 0.143. The first kappa shape index (κ1) is 8.49. The van der Waals surface area contributed by atoms with Crippen molar-refractivity contribution in [2.75, 3.05) is 6.26 Å². The van der Waals surface area contributed by atoms with E-state index in [1.807, 2.05) is 6.26 Å². The van der Waals surface area contributed by atoms with E-state index in [4.69, 9.17) is 12.2 Å². The van der Waals surface area contributed by atoms with Crippen LogP contribution in [0.3, 0.4) is 0 Å². The average Bonchev–Trinajstić information content (AvgIpc) is 2.04. The molecule has 0 bridgehead atoms. The first-order chi connectivity index (χ1) is 5.25. The largest absolute Gasteiger partial charge is 0.618 e. The standard InChI is InChI=1S/C7H7NOS2/c1-11-7(10)6-4-2-3-5-8(6)9/h2-5H,1H3. The van der Waals surface area contributed by atoms with E-state index < -0.39 is 0 Å². The lowest BCUT2D eigenvalue weighted by Crippen LogP contribution is -2.32. The zero-order chi connectivity index (χ0) is 8.27. The number of aromatic nitrogens is 1. The molecular formula is C7H7NOS2. The Morgan fingerprint density at radius 1 is 1.64 bits per heavy atom. The highest BCUT2D eigenvalue weighted by molar-refractivity contribution is 8.23. The lowest BCUT2D eigenvalue weighted by molar-refractivity contribution is -0.606. The molecule has 0 aliphatic rings. The van der Waals surface area contributed by atoms with Crippen molar-refractivity contribution in [1.29, 1.82) is 0 Å². The van der Waals surface area contributed by atoms with Gasteiger partial charge in [0.15, 0.2) is 6.20 Å². The van der Waals surface area contributed by atoms with Crippen molar-refractivity contribution in [1.82, 2.24) is 0 Å². The minimum atomic E-state index is 0.551. The normalized spacial score (nSPS) is 9.55. The molecule has 1 aromatic heterocycles. The number of rotatable bonds is 1. The Morgan fingerprint density at radius 2 is 2.36 bits per heavy atom. The van der Waals surface area contributed by atoms with Crippen molar-refractivity contribution < 1.29 is 4.73 Å². The molecular weight excluding hydrogens is 178 g/mol. The van der Waals surface area contributed by atoms with Crippen LogP contribution >= 0.6 is 24.0 Å². The lowest BCUT2D eigenvalue weighted by atomic mass is 10.4. The Kier molecular flexibility index (Phi) is 2.84. The van der Waals surface area contributed by atoms with Crippen LogP contribution in [0.4, 0.5) is 0 Å². The molecule has 0 amide bonds. The van der Waals surface area contributed by atoms with Gasteiger partial charge in [0, 0.05) is 12.1 Å². The van der Waals surface area contributed by atoms with E-state index in [1.54, 1.807) is 18.2 Å². The second-order valence-electron chi connectivity index (χ2n) is 1.90. The van der Waals surface area contributed by atoms with Gasteiger partial charge in [-0.2, -0.15) is 4.73 Å². The summed E-state index contributed by atoms with van der Waals surface area (Å²) in [4.78, 5) is 0. The van der Waals surface area contributed by atoms with Gasteiger partial charge in [-0.25, -0.2) is 0 Å². The molecule has 1 aromatic rings. The van der Waals surface area contributed by atoms with E-state index in [0.29, 0.717) is 9.89 Å². The molecule has 0 aliphatic heterocycles. The summed E-state index contributed by atoms with van der Waals surface area (Å²) >= 11 is 6.35. The van der Waals surface area contributed by atoms with Crippen LogP contribution in [-0.4, -0.2) is 10.5 Å². The molecule has 0 aromatic carbocycles. The van der Waals surface area contributed by atoms with E-state index in [9.17, 15) is 5.21 Å². The summed E-state index contributed by atoms with van der Waals surface area (Å²) in [6, 6.07) is 5.19. The Hall–Kier alpha value is -0.610. The Bertz CT molecular complexity index is 275. The number of nitrogens with zero attached hydrogens (tertiary/aromatic N) is 1. The van der Waals surface area contributed by atoms with Gasteiger partial charge in [-0.05, 0) is 12.3 Å². The number of pyridine rings is 1. The highest BCUT2D eigenvalue weighted by atomic mass is 32.2. The van der Waals surface area contributed by atoms with Crippen molar-refractivity contribution >= 4 is 28.2 Å². The Morgan fingerprint density at radius 3 is 2.91 bits per heavy atom. The van der Waals surface area contributed by atoms with Crippen LogP contribution in [0.5, 0.6) is 0 Å². The highest BCUT2D eigenvalue weighted by Gasteiger charge is 2.07. The summed E-state index contributed by atoms with van der Waals surface area (Å²) in [5.41, 5.74) is 0.551. The van der Waals surface area contributed by atoms with Crippen molar-refractivity contribution in [2.24, 2.45) is 0 Å². The monoisotopic (exact) mass is 185 g/mol. The van der Waals surface area contributed by atoms with Gasteiger partial charge in [-0.1, -0.05) is 12.2 Å².